The molecule has 86 valence electrons. The third-order valence-electron chi connectivity index (χ3n) is 3.76. The van der Waals surface area contributed by atoms with Crippen molar-refractivity contribution in [2.24, 2.45) is 10.9 Å². The van der Waals surface area contributed by atoms with Crippen LogP contribution >= 0.6 is 11.6 Å². The van der Waals surface area contributed by atoms with Gasteiger partial charge in [-0.3, -0.25) is 4.99 Å². The van der Waals surface area contributed by atoms with Gasteiger partial charge in [0.15, 0.2) is 0 Å². The van der Waals surface area contributed by atoms with E-state index < -0.39 is 6.10 Å². The molecule has 4 heteroatoms. The van der Waals surface area contributed by atoms with Crippen LogP contribution < -0.4 is 0 Å². The summed E-state index contributed by atoms with van der Waals surface area (Å²) in [7, 11) is 0. The second-order valence-electron chi connectivity index (χ2n) is 4.74. The van der Waals surface area contributed by atoms with Crippen LogP contribution in [0.4, 0.5) is 0 Å². The van der Waals surface area contributed by atoms with E-state index in [9.17, 15) is 5.11 Å². The largest absolute Gasteiger partial charge is 0.386 e. The van der Waals surface area contributed by atoms with E-state index in [2.05, 4.69) is 16.9 Å². The Kier molecular flexibility index (Phi) is 2.33. The summed E-state index contributed by atoms with van der Waals surface area (Å²) in [4.78, 5) is 7.72. The number of aromatic nitrogens is 1. The van der Waals surface area contributed by atoms with Crippen LogP contribution in [0.15, 0.2) is 11.2 Å². The molecule has 2 heterocycles. The van der Waals surface area contributed by atoms with Gasteiger partial charge in [0.25, 0.3) is 0 Å². The number of aromatic amines is 1. The molecule has 0 aromatic carbocycles. The molecule has 1 aromatic heterocycles. The molecule has 1 aliphatic heterocycles. The van der Waals surface area contributed by atoms with E-state index in [0.29, 0.717) is 24.1 Å². The summed E-state index contributed by atoms with van der Waals surface area (Å²) in [5.41, 5.74) is 4.55. The van der Waals surface area contributed by atoms with Crippen LogP contribution in [0.1, 0.15) is 35.3 Å². The van der Waals surface area contributed by atoms with Crippen LogP contribution in [0.2, 0.25) is 0 Å². The Morgan fingerprint density at radius 3 is 3.19 bits per heavy atom. The summed E-state index contributed by atoms with van der Waals surface area (Å²) in [6.07, 6.45) is 2.21. The Bertz CT molecular complexity index is 452. The van der Waals surface area contributed by atoms with E-state index in [1.807, 2.05) is 6.20 Å². The molecule has 0 amide bonds. The first-order chi connectivity index (χ1) is 7.72. The van der Waals surface area contributed by atoms with Gasteiger partial charge in [0.1, 0.15) is 0 Å². The number of aliphatic hydroxyl groups excluding tert-OH is 1. The topological polar surface area (TPSA) is 48.4 Å². The fraction of sp³-hybridized carbons (Fsp3) is 0.583. The molecule has 2 unspecified atom stereocenters. The predicted molar refractivity (Wildman–Crippen MR) is 64.4 cm³/mol. The highest BCUT2D eigenvalue weighted by molar-refractivity contribution is 6.18. The minimum atomic E-state index is -0.423. The van der Waals surface area contributed by atoms with E-state index in [-0.39, 0.29) is 0 Å². The lowest BCUT2D eigenvalue weighted by atomic mass is 9.77. The highest BCUT2D eigenvalue weighted by atomic mass is 35.5. The van der Waals surface area contributed by atoms with Crippen molar-refractivity contribution in [1.82, 2.24) is 4.98 Å². The monoisotopic (exact) mass is 238 g/mol. The number of aliphatic imine (C=N–C) groups is 1. The molecule has 1 aromatic rings. The zero-order valence-corrected chi connectivity index (χ0v) is 9.96. The van der Waals surface area contributed by atoms with E-state index in [0.717, 1.165) is 18.0 Å². The Hall–Kier alpha value is -0.800. The quantitative estimate of drug-likeness (QED) is 0.724. The Morgan fingerprint density at radius 1 is 1.62 bits per heavy atom. The standard InChI is InChI=1S/C12H15ClN2O/c1-6-4-15-12-9(16)2-8-11(10(6)12)7(3-13)5-14-8/h4,7,9,11,15-16H,2-3,5H2,1H3/t7-,9?,11?/m1/s1. The van der Waals surface area contributed by atoms with Gasteiger partial charge in [-0.1, -0.05) is 0 Å². The highest BCUT2D eigenvalue weighted by Gasteiger charge is 2.40. The third-order valence-corrected chi connectivity index (χ3v) is 4.16. The van der Waals surface area contributed by atoms with Crippen LogP contribution in [-0.2, 0) is 0 Å². The van der Waals surface area contributed by atoms with Gasteiger partial charge in [0, 0.05) is 48.3 Å². The SMILES string of the molecule is Cc1c[nH]c2c1C1C(=NC[C@H]1CCl)CC2O. The molecule has 2 aliphatic rings. The molecular weight excluding hydrogens is 224 g/mol. The maximum atomic E-state index is 10.0. The van der Waals surface area contributed by atoms with Gasteiger partial charge in [0.2, 0.25) is 0 Å². The summed E-state index contributed by atoms with van der Waals surface area (Å²) in [6, 6.07) is 0. The average molecular weight is 239 g/mol. The Morgan fingerprint density at radius 2 is 2.44 bits per heavy atom. The molecule has 0 bridgehead atoms. The van der Waals surface area contributed by atoms with E-state index in [1.165, 1.54) is 11.1 Å². The number of nitrogens with zero attached hydrogens (tertiary/aromatic N) is 1. The second-order valence-corrected chi connectivity index (χ2v) is 5.05. The second kappa shape index (κ2) is 3.60. The van der Waals surface area contributed by atoms with Crippen molar-refractivity contribution in [1.29, 1.82) is 0 Å². The van der Waals surface area contributed by atoms with Crippen molar-refractivity contribution in [3.05, 3.63) is 23.0 Å². The lowest BCUT2D eigenvalue weighted by Crippen LogP contribution is -2.26. The molecule has 0 saturated carbocycles. The number of alkyl halides is 1. The zero-order valence-electron chi connectivity index (χ0n) is 9.20. The maximum absolute atomic E-state index is 10.0. The Labute approximate surface area is 99.5 Å². The van der Waals surface area contributed by atoms with E-state index in [1.54, 1.807) is 0 Å². The van der Waals surface area contributed by atoms with Crippen molar-refractivity contribution >= 4 is 17.3 Å². The Balaban J connectivity index is 2.12. The van der Waals surface area contributed by atoms with Gasteiger partial charge < -0.3 is 10.1 Å². The normalized spacial score (nSPS) is 32.2. The molecule has 0 spiro atoms. The molecule has 0 saturated heterocycles. The number of hydrogen-bond acceptors (Lipinski definition) is 2. The first kappa shape index (κ1) is 10.4. The number of aryl methyl sites for hydroxylation is 1. The number of halogens is 1. The maximum Gasteiger partial charge on any atom is 0.0992 e. The van der Waals surface area contributed by atoms with Gasteiger partial charge >= 0.3 is 0 Å². The van der Waals surface area contributed by atoms with E-state index in [4.69, 9.17) is 11.6 Å². The molecule has 16 heavy (non-hydrogen) atoms. The van der Waals surface area contributed by atoms with Crippen LogP contribution in [-0.4, -0.2) is 28.2 Å². The van der Waals surface area contributed by atoms with Crippen LogP contribution in [0.3, 0.4) is 0 Å². The summed E-state index contributed by atoms with van der Waals surface area (Å²) in [5.74, 6) is 1.37. The van der Waals surface area contributed by atoms with Gasteiger partial charge in [-0.05, 0) is 18.1 Å². The summed E-state index contributed by atoms with van der Waals surface area (Å²) in [6.45, 7) is 2.88. The summed E-state index contributed by atoms with van der Waals surface area (Å²) in [5, 5.41) is 10.0. The average Bonchev–Trinajstić information content (AvgIpc) is 2.82. The van der Waals surface area contributed by atoms with Gasteiger partial charge in [-0.15, -0.1) is 11.6 Å². The minimum Gasteiger partial charge on any atom is -0.386 e. The van der Waals surface area contributed by atoms with Crippen molar-refractivity contribution in [3.63, 3.8) is 0 Å². The first-order valence-corrected chi connectivity index (χ1v) is 6.20. The molecule has 1 aliphatic carbocycles. The first-order valence-electron chi connectivity index (χ1n) is 5.67. The highest BCUT2D eigenvalue weighted by Crippen LogP contribution is 2.44. The third kappa shape index (κ3) is 1.28. The summed E-state index contributed by atoms with van der Waals surface area (Å²) >= 11 is 6.00. The van der Waals surface area contributed by atoms with Crippen molar-refractivity contribution in [2.45, 2.75) is 25.4 Å². The summed E-state index contributed by atoms with van der Waals surface area (Å²) < 4.78 is 0. The minimum absolute atomic E-state index is 0.335. The molecule has 3 nitrogen and oxygen atoms in total. The smallest absolute Gasteiger partial charge is 0.0992 e. The van der Waals surface area contributed by atoms with Gasteiger partial charge in [-0.25, -0.2) is 0 Å². The predicted octanol–water partition coefficient (Wildman–Crippen LogP) is 2.15. The number of rotatable bonds is 1. The molecular formula is C12H15ClN2O. The fourth-order valence-electron chi connectivity index (χ4n) is 2.98. The van der Waals surface area contributed by atoms with Crippen molar-refractivity contribution in [3.8, 4) is 0 Å². The number of fused-ring (bicyclic) bond motifs is 3. The zero-order chi connectivity index (χ0) is 11.3. The lowest BCUT2D eigenvalue weighted by Gasteiger charge is -2.28. The van der Waals surface area contributed by atoms with Gasteiger partial charge in [0.05, 0.1) is 6.10 Å². The van der Waals surface area contributed by atoms with Crippen molar-refractivity contribution in [2.75, 3.05) is 12.4 Å². The molecule has 0 fully saturated rings. The van der Waals surface area contributed by atoms with Crippen molar-refractivity contribution < 1.29 is 5.11 Å². The molecule has 0 radical (unpaired) electrons. The number of hydrogen-bond donors (Lipinski definition) is 2. The number of H-pyrrole nitrogens is 1. The molecule has 3 atom stereocenters. The number of nitrogens with one attached hydrogen (secondary N) is 1. The van der Waals surface area contributed by atoms with Crippen LogP contribution in [0.25, 0.3) is 0 Å². The lowest BCUT2D eigenvalue weighted by molar-refractivity contribution is 0.175. The number of aliphatic hydroxyl groups is 1. The molecule has 2 N–H and O–H groups in total. The van der Waals surface area contributed by atoms with Gasteiger partial charge in [-0.2, -0.15) is 0 Å². The molecule has 3 rings (SSSR count). The van der Waals surface area contributed by atoms with Crippen LogP contribution in [0.5, 0.6) is 0 Å². The van der Waals surface area contributed by atoms with Crippen LogP contribution in [0, 0.1) is 12.8 Å². The van der Waals surface area contributed by atoms with E-state index >= 15 is 0 Å². The fourth-order valence-corrected chi connectivity index (χ4v) is 3.26.